The van der Waals surface area contributed by atoms with Gasteiger partial charge in [0.05, 0.1) is 4.90 Å². The summed E-state index contributed by atoms with van der Waals surface area (Å²) in [6.07, 6.45) is 6.44. The van der Waals surface area contributed by atoms with Crippen molar-refractivity contribution >= 4 is 38.3 Å². The summed E-state index contributed by atoms with van der Waals surface area (Å²) in [5.74, 6) is 1.49. The summed E-state index contributed by atoms with van der Waals surface area (Å²) >= 11 is 2.12. The Hall–Kier alpha value is -2.99. The average Bonchev–Trinajstić information content (AvgIpc) is 3.25. The number of halogens is 1. The molecule has 4 rings (SSSR count). The quantitative estimate of drug-likeness (QED) is 0.389. The molecule has 0 aliphatic rings. The molecular weight excluding hydrogens is 505 g/mol. The third-order valence-electron chi connectivity index (χ3n) is 3.85. The molecule has 0 radical (unpaired) electrons. The minimum absolute atomic E-state index is 0.200. The third kappa shape index (κ3) is 4.71. The minimum atomic E-state index is -3.66. The van der Waals surface area contributed by atoms with E-state index in [1.165, 1.54) is 6.33 Å². The van der Waals surface area contributed by atoms with Crippen LogP contribution in [0.1, 0.15) is 0 Å². The molecule has 4 aromatic rings. The van der Waals surface area contributed by atoms with Crippen LogP contribution in [-0.4, -0.2) is 27.9 Å². The number of anilines is 1. The number of sulfonamides is 1. The number of nitrogens with zero attached hydrogens (tertiary/aromatic N) is 4. The molecule has 0 amide bonds. The monoisotopic (exact) mass is 519 g/mol. The molecule has 1 N–H and O–H groups in total. The van der Waals surface area contributed by atoms with E-state index >= 15 is 0 Å². The molecule has 10 heteroatoms. The second kappa shape index (κ2) is 8.17. The number of aromatic nitrogens is 4. The van der Waals surface area contributed by atoms with Gasteiger partial charge >= 0.3 is 0 Å². The summed E-state index contributed by atoms with van der Waals surface area (Å²) < 4.78 is 35.9. The van der Waals surface area contributed by atoms with E-state index < -0.39 is 10.0 Å². The van der Waals surface area contributed by atoms with E-state index in [0.29, 0.717) is 23.1 Å². The van der Waals surface area contributed by atoms with E-state index in [9.17, 15) is 8.42 Å². The maximum atomic E-state index is 12.5. The zero-order chi connectivity index (χ0) is 20.3. The summed E-state index contributed by atoms with van der Waals surface area (Å²) in [5, 5.41) is 0. The maximum absolute atomic E-state index is 12.5. The third-order valence-corrected chi connectivity index (χ3v) is 5.97. The Balaban J connectivity index is 1.47. The van der Waals surface area contributed by atoms with Crippen molar-refractivity contribution in [3.05, 3.63) is 83.2 Å². The van der Waals surface area contributed by atoms with Crippen molar-refractivity contribution in [1.82, 2.24) is 19.5 Å². The van der Waals surface area contributed by atoms with Crippen molar-refractivity contribution in [1.29, 1.82) is 0 Å². The molecule has 0 saturated carbocycles. The van der Waals surface area contributed by atoms with Crippen LogP contribution < -0.4 is 9.46 Å². The number of ether oxygens (including phenoxy) is 1. The first-order valence-corrected chi connectivity index (χ1v) is 10.9. The molecule has 0 fully saturated rings. The molecule has 146 valence electrons. The van der Waals surface area contributed by atoms with E-state index in [-0.39, 0.29) is 4.90 Å². The van der Waals surface area contributed by atoms with Gasteiger partial charge in [0, 0.05) is 27.7 Å². The zero-order valence-corrected chi connectivity index (χ0v) is 17.8. The average molecular weight is 519 g/mol. The van der Waals surface area contributed by atoms with Crippen LogP contribution >= 0.6 is 22.6 Å². The summed E-state index contributed by atoms with van der Waals surface area (Å²) in [5.41, 5.74) is 0.428. The van der Waals surface area contributed by atoms with Crippen molar-refractivity contribution in [2.45, 2.75) is 4.90 Å². The van der Waals surface area contributed by atoms with Gasteiger partial charge in [-0.1, -0.05) is 0 Å². The van der Waals surface area contributed by atoms with Gasteiger partial charge in [0.25, 0.3) is 10.0 Å². The fourth-order valence-electron chi connectivity index (χ4n) is 2.46. The standard InChI is InChI=1S/C19H14IN5O3S/c20-14-1-7-17(8-2-14)29(26,27)24-15-3-5-16(6-4-15)28-19-11-18(22-12-23-19)25-10-9-21-13-25/h1-13,24H. The first-order chi connectivity index (χ1) is 14.0. The Morgan fingerprint density at radius 2 is 1.76 bits per heavy atom. The molecular formula is C19H14IN5O3S. The minimum Gasteiger partial charge on any atom is -0.439 e. The lowest BCUT2D eigenvalue weighted by Crippen LogP contribution is -2.12. The van der Waals surface area contributed by atoms with Gasteiger partial charge in [0.1, 0.15) is 24.2 Å². The van der Waals surface area contributed by atoms with Gasteiger partial charge < -0.3 is 4.74 Å². The van der Waals surface area contributed by atoms with Gasteiger partial charge in [-0.05, 0) is 71.1 Å². The number of imidazole rings is 1. The van der Waals surface area contributed by atoms with Crippen LogP contribution in [0.5, 0.6) is 11.6 Å². The van der Waals surface area contributed by atoms with Crippen LogP contribution in [-0.2, 0) is 10.0 Å². The van der Waals surface area contributed by atoms with Crippen molar-refractivity contribution in [3.63, 3.8) is 0 Å². The highest BCUT2D eigenvalue weighted by molar-refractivity contribution is 14.1. The second-order valence-corrected chi connectivity index (χ2v) is 8.80. The van der Waals surface area contributed by atoms with Crippen LogP contribution in [0.4, 0.5) is 5.69 Å². The van der Waals surface area contributed by atoms with Gasteiger partial charge in [0.15, 0.2) is 0 Å². The molecule has 0 unspecified atom stereocenters. The number of hydrogen-bond acceptors (Lipinski definition) is 6. The summed E-state index contributed by atoms with van der Waals surface area (Å²) in [6.45, 7) is 0. The van der Waals surface area contributed by atoms with E-state index in [2.05, 4.69) is 42.3 Å². The Labute approximate surface area is 180 Å². The Morgan fingerprint density at radius 3 is 2.45 bits per heavy atom. The molecule has 0 spiro atoms. The van der Waals surface area contributed by atoms with E-state index in [1.54, 1.807) is 77.9 Å². The van der Waals surface area contributed by atoms with E-state index in [1.807, 2.05) is 0 Å². The van der Waals surface area contributed by atoms with Crippen LogP contribution in [0.25, 0.3) is 5.82 Å². The smallest absolute Gasteiger partial charge is 0.261 e. The predicted molar refractivity (Wildman–Crippen MR) is 116 cm³/mol. The molecule has 0 bridgehead atoms. The SMILES string of the molecule is O=S(=O)(Nc1ccc(Oc2cc(-n3ccnc3)ncn2)cc1)c1ccc(I)cc1. The second-order valence-electron chi connectivity index (χ2n) is 5.87. The molecule has 0 atom stereocenters. The number of benzene rings is 2. The fraction of sp³-hybridized carbons (Fsp3) is 0. The van der Waals surface area contributed by atoms with Gasteiger partial charge in [-0.3, -0.25) is 9.29 Å². The van der Waals surface area contributed by atoms with Crippen LogP contribution in [0.15, 0.2) is 84.5 Å². The zero-order valence-electron chi connectivity index (χ0n) is 14.8. The number of nitrogens with one attached hydrogen (secondary N) is 1. The van der Waals surface area contributed by atoms with Crippen molar-refractivity contribution in [2.75, 3.05) is 4.72 Å². The lowest BCUT2D eigenvalue weighted by Gasteiger charge is -2.10. The summed E-state index contributed by atoms with van der Waals surface area (Å²) in [7, 11) is -3.66. The van der Waals surface area contributed by atoms with E-state index in [0.717, 1.165) is 3.57 Å². The van der Waals surface area contributed by atoms with E-state index in [4.69, 9.17) is 4.74 Å². The molecule has 2 heterocycles. The van der Waals surface area contributed by atoms with Crippen molar-refractivity contribution in [2.24, 2.45) is 0 Å². The molecule has 0 aliphatic heterocycles. The highest BCUT2D eigenvalue weighted by Gasteiger charge is 2.14. The van der Waals surface area contributed by atoms with Gasteiger partial charge in [-0.25, -0.2) is 23.4 Å². The summed E-state index contributed by atoms with van der Waals surface area (Å²) in [4.78, 5) is 12.4. The first-order valence-electron chi connectivity index (χ1n) is 8.36. The van der Waals surface area contributed by atoms with Crippen LogP contribution in [0.2, 0.25) is 0 Å². The fourth-order valence-corrected chi connectivity index (χ4v) is 3.88. The molecule has 2 aromatic heterocycles. The molecule has 8 nitrogen and oxygen atoms in total. The maximum Gasteiger partial charge on any atom is 0.261 e. The van der Waals surface area contributed by atoms with Gasteiger partial charge in [-0.15, -0.1) is 0 Å². The Kier molecular flexibility index (Phi) is 5.45. The largest absolute Gasteiger partial charge is 0.439 e. The van der Waals surface area contributed by atoms with Crippen molar-refractivity contribution in [3.8, 4) is 17.4 Å². The summed E-state index contributed by atoms with van der Waals surface area (Å²) in [6, 6.07) is 14.8. The molecule has 0 saturated heterocycles. The lowest BCUT2D eigenvalue weighted by atomic mass is 10.3. The highest BCUT2D eigenvalue weighted by Crippen LogP contribution is 2.24. The first kappa shape index (κ1) is 19.3. The highest BCUT2D eigenvalue weighted by atomic mass is 127. The van der Waals surface area contributed by atoms with Crippen molar-refractivity contribution < 1.29 is 13.2 Å². The van der Waals surface area contributed by atoms with Gasteiger partial charge in [-0.2, -0.15) is 0 Å². The van der Waals surface area contributed by atoms with Gasteiger partial charge in [0.2, 0.25) is 5.88 Å². The number of rotatable bonds is 6. The lowest BCUT2D eigenvalue weighted by molar-refractivity contribution is 0.461. The molecule has 29 heavy (non-hydrogen) atoms. The normalized spacial score (nSPS) is 11.2. The molecule has 2 aromatic carbocycles. The predicted octanol–water partition coefficient (Wildman–Crippen LogP) is 3.86. The van der Waals surface area contributed by atoms with Crippen LogP contribution in [0.3, 0.4) is 0 Å². The molecule has 0 aliphatic carbocycles. The Morgan fingerprint density at radius 1 is 1.00 bits per heavy atom. The Bertz CT molecular complexity index is 1210. The topological polar surface area (TPSA) is 99.0 Å². The van der Waals surface area contributed by atoms with Crippen LogP contribution in [0, 0.1) is 3.57 Å². The number of hydrogen-bond donors (Lipinski definition) is 1.